The second-order valence-corrected chi connectivity index (χ2v) is 8.19. The Hall–Kier alpha value is -2.38. The minimum Gasteiger partial charge on any atom is -0.354 e. The second-order valence-electron chi connectivity index (χ2n) is 8.19. The van der Waals surface area contributed by atoms with Gasteiger partial charge in [0.05, 0.1) is 0 Å². The van der Waals surface area contributed by atoms with Gasteiger partial charge in [0, 0.05) is 69.8 Å². The van der Waals surface area contributed by atoms with E-state index in [1.807, 2.05) is 25.8 Å². The molecule has 0 aliphatic carbocycles. The molecule has 0 radical (unpaired) electrons. The normalized spacial score (nSPS) is 17.6. The summed E-state index contributed by atoms with van der Waals surface area (Å²) in [6, 6.07) is 0.119. The Bertz CT molecular complexity index is 767. The molecule has 1 fully saturated rings. The monoisotopic (exact) mass is 403 g/mol. The summed E-state index contributed by atoms with van der Waals surface area (Å²) in [5.41, 5.74) is 2.38. The molecule has 1 aromatic rings. The number of likely N-dealkylation sites (tertiary alicyclic amines) is 1. The van der Waals surface area contributed by atoms with Crippen LogP contribution in [0.5, 0.6) is 0 Å². The Kier molecular flexibility index (Phi) is 6.92. The van der Waals surface area contributed by atoms with Gasteiger partial charge in [-0.15, -0.1) is 0 Å². The Morgan fingerprint density at radius 1 is 1.07 bits per heavy atom. The number of hydrogen-bond donors (Lipinski definition) is 1. The molecule has 0 bridgehead atoms. The molecule has 1 saturated heterocycles. The van der Waals surface area contributed by atoms with Gasteiger partial charge in [0.2, 0.25) is 11.8 Å². The van der Waals surface area contributed by atoms with Gasteiger partial charge >= 0.3 is 0 Å². The van der Waals surface area contributed by atoms with Crippen LogP contribution in [0.4, 0.5) is 0 Å². The number of carbonyl (C=O) groups excluding carboxylic acids is 3. The number of amides is 3. The first kappa shape index (κ1) is 21.3. The molecule has 1 atom stereocenters. The molecular formula is C21H33N5O3. The number of hydrogen-bond acceptors (Lipinski definition) is 4. The molecule has 1 aromatic heterocycles. The second kappa shape index (κ2) is 9.41. The first-order valence-electron chi connectivity index (χ1n) is 10.8. The van der Waals surface area contributed by atoms with Gasteiger partial charge < -0.3 is 15.1 Å². The summed E-state index contributed by atoms with van der Waals surface area (Å²) >= 11 is 0. The molecule has 3 heterocycles. The number of piperidine rings is 1. The molecule has 2 aliphatic rings. The molecule has 29 heavy (non-hydrogen) atoms. The summed E-state index contributed by atoms with van der Waals surface area (Å²) in [7, 11) is 1.86. The number of nitrogens with zero attached hydrogens (tertiary/aromatic N) is 4. The average molecular weight is 404 g/mol. The highest BCUT2D eigenvalue weighted by atomic mass is 16.2. The van der Waals surface area contributed by atoms with Crippen molar-refractivity contribution < 1.29 is 14.4 Å². The first-order valence-corrected chi connectivity index (χ1v) is 10.8. The van der Waals surface area contributed by atoms with Crippen LogP contribution in [0.3, 0.4) is 0 Å². The minimum atomic E-state index is -0.0901. The summed E-state index contributed by atoms with van der Waals surface area (Å²) in [4.78, 5) is 41.3. The fraction of sp³-hybridized carbons (Fsp3) is 0.714. The van der Waals surface area contributed by atoms with Crippen molar-refractivity contribution in [3.8, 4) is 0 Å². The van der Waals surface area contributed by atoms with Gasteiger partial charge in [0.1, 0.15) is 0 Å². The molecule has 3 amide bonds. The third-order valence-electron chi connectivity index (χ3n) is 6.03. The van der Waals surface area contributed by atoms with Crippen LogP contribution in [0.2, 0.25) is 0 Å². The van der Waals surface area contributed by atoms with Crippen molar-refractivity contribution in [2.45, 2.75) is 71.4 Å². The number of nitrogens with one attached hydrogen (secondary N) is 1. The van der Waals surface area contributed by atoms with E-state index in [2.05, 4.69) is 10.4 Å². The molecular weight excluding hydrogens is 370 g/mol. The van der Waals surface area contributed by atoms with Crippen LogP contribution in [0.15, 0.2) is 0 Å². The third-order valence-corrected chi connectivity index (χ3v) is 6.03. The zero-order chi connectivity index (χ0) is 21.0. The Labute approximate surface area is 172 Å². The van der Waals surface area contributed by atoms with Crippen molar-refractivity contribution in [3.05, 3.63) is 17.0 Å². The van der Waals surface area contributed by atoms with E-state index in [4.69, 9.17) is 0 Å². The van der Waals surface area contributed by atoms with Crippen LogP contribution in [-0.2, 0) is 29.6 Å². The Balaban J connectivity index is 1.64. The highest BCUT2D eigenvalue weighted by Crippen LogP contribution is 2.25. The predicted molar refractivity (Wildman–Crippen MR) is 109 cm³/mol. The summed E-state index contributed by atoms with van der Waals surface area (Å²) in [5.74, 6) is -0.160. The molecule has 0 saturated carbocycles. The van der Waals surface area contributed by atoms with Gasteiger partial charge in [-0.2, -0.15) is 5.10 Å². The smallest absolute Gasteiger partial charge is 0.274 e. The lowest BCUT2D eigenvalue weighted by Gasteiger charge is -2.29. The first-order chi connectivity index (χ1) is 13.9. The van der Waals surface area contributed by atoms with E-state index in [0.29, 0.717) is 25.2 Å². The van der Waals surface area contributed by atoms with Crippen LogP contribution < -0.4 is 5.32 Å². The zero-order valence-electron chi connectivity index (χ0n) is 17.9. The van der Waals surface area contributed by atoms with Gasteiger partial charge in [-0.25, -0.2) is 0 Å². The number of carbonyl (C=O) groups is 3. The van der Waals surface area contributed by atoms with E-state index in [0.717, 1.165) is 50.0 Å². The van der Waals surface area contributed by atoms with Gasteiger partial charge in [-0.1, -0.05) is 6.92 Å². The average Bonchev–Trinajstić information content (AvgIpc) is 3.07. The number of aryl methyl sites for hydroxylation is 1. The van der Waals surface area contributed by atoms with Crippen LogP contribution in [0, 0.1) is 0 Å². The molecule has 2 aliphatic heterocycles. The lowest BCUT2D eigenvalue weighted by atomic mass is 10.0. The number of aromatic nitrogens is 2. The van der Waals surface area contributed by atoms with Gasteiger partial charge in [0.15, 0.2) is 5.69 Å². The van der Waals surface area contributed by atoms with Crippen molar-refractivity contribution >= 4 is 17.7 Å². The van der Waals surface area contributed by atoms with E-state index >= 15 is 0 Å². The maximum atomic E-state index is 13.0. The van der Waals surface area contributed by atoms with Crippen molar-refractivity contribution in [1.29, 1.82) is 0 Å². The SMILES string of the molecule is CC[C@@H](C)NC(=O)CCC(=O)N1CCc2c(c(C(=O)N3CCCCC3)nn2C)C1. The lowest BCUT2D eigenvalue weighted by Crippen LogP contribution is -2.39. The molecule has 3 rings (SSSR count). The van der Waals surface area contributed by atoms with Gasteiger partial charge in [0.25, 0.3) is 5.91 Å². The fourth-order valence-corrected chi connectivity index (χ4v) is 4.05. The van der Waals surface area contributed by atoms with Crippen LogP contribution >= 0.6 is 0 Å². The lowest BCUT2D eigenvalue weighted by molar-refractivity contribution is -0.134. The summed E-state index contributed by atoms with van der Waals surface area (Å²) < 4.78 is 1.79. The Morgan fingerprint density at radius 3 is 2.48 bits per heavy atom. The number of rotatable bonds is 6. The van der Waals surface area contributed by atoms with Crippen molar-refractivity contribution in [2.75, 3.05) is 19.6 Å². The van der Waals surface area contributed by atoms with Crippen LogP contribution in [0.25, 0.3) is 0 Å². The highest BCUT2D eigenvalue weighted by molar-refractivity contribution is 5.94. The minimum absolute atomic E-state index is 0.0243. The molecule has 1 N–H and O–H groups in total. The maximum Gasteiger partial charge on any atom is 0.274 e. The van der Waals surface area contributed by atoms with Crippen LogP contribution in [-0.4, -0.2) is 63.0 Å². The van der Waals surface area contributed by atoms with Gasteiger partial charge in [-0.3, -0.25) is 19.1 Å². The fourth-order valence-electron chi connectivity index (χ4n) is 4.05. The number of fused-ring (bicyclic) bond motifs is 1. The summed E-state index contributed by atoms with van der Waals surface area (Å²) in [5, 5.41) is 7.39. The van der Waals surface area contributed by atoms with Crippen molar-refractivity contribution in [3.63, 3.8) is 0 Å². The molecule has 0 aromatic carbocycles. The van der Waals surface area contributed by atoms with E-state index in [9.17, 15) is 14.4 Å². The summed E-state index contributed by atoms with van der Waals surface area (Å²) in [6.07, 6.45) is 5.15. The topological polar surface area (TPSA) is 87.5 Å². The van der Waals surface area contributed by atoms with Crippen LogP contribution in [0.1, 0.15) is 74.1 Å². The molecule has 0 spiro atoms. The van der Waals surface area contributed by atoms with E-state index in [1.54, 1.807) is 9.58 Å². The van der Waals surface area contributed by atoms with E-state index < -0.39 is 0 Å². The maximum absolute atomic E-state index is 13.0. The predicted octanol–water partition coefficient (Wildman–Crippen LogP) is 1.63. The van der Waals surface area contributed by atoms with E-state index in [-0.39, 0.29) is 36.6 Å². The molecule has 8 heteroatoms. The molecule has 8 nitrogen and oxygen atoms in total. The molecule has 160 valence electrons. The largest absolute Gasteiger partial charge is 0.354 e. The highest BCUT2D eigenvalue weighted by Gasteiger charge is 2.31. The standard InChI is InChI=1S/C21H33N5O3/c1-4-15(2)22-18(27)8-9-19(28)26-13-10-17-16(14-26)20(23-24(17)3)21(29)25-11-6-5-7-12-25/h15H,4-14H2,1-3H3,(H,22,27)/t15-/m1/s1. The van der Waals surface area contributed by atoms with Gasteiger partial charge in [-0.05, 0) is 32.6 Å². The summed E-state index contributed by atoms with van der Waals surface area (Å²) in [6.45, 7) is 6.50. The quantitative estimate of drug-likeness (QED) is 0.782. The zero-order valence-corrected chi connectivity index (χ0v) is 17.9. The third kappa shape index (κ3) is 4.97. The molecule has 0 unspecified atom stereocenters. The van der Waals surface area contributed by atoms with Crippen molar-refractivity contribution in [1.82, 2.24) is 24.9 Å². The van der Waals surface area contributed by atoms with Crippen molar-refractivity contribution in [2.24, 2.45) is 7.05 Å². The van der Waals surface area contributed by atoms with E-state index in [1.165, 1.54) is 0 Å². The Morgan fingerprint density at radius 2 is 1.79 bits per heavy atom.